The molecule has 7 heteroatoms. The summed E-state index contributed by atoms with van der Waals surface area (Å²) < 4.78 is 7.46. The van der Waals surface area contributed by atoms with Crippen LogP contribution in [0.25, 0.3) is 11.0 Å². The van der Waals surface area contributed by atoms with E-state index >= 15 is 0 Å². The molecule has 1 N–H and O–H groups in total. The summed E-state index contributed by atoms with van der Waals surface area (Å²) in [4.78, 5) is 14.7. The topological polar surface area (TPSA) is 90.4 Å². The monoisotopic (exact) mass is 263 g/mol. The van der Waals surface area contributed by atoms with Crippen molar-refractivity contribution in [3.05, 3.63) is 34.6 Å². The summed E-state index contributed by atoms with van der Waals surface area (Å²) in [6.07, 6.45) is 4.32. The SMILES string of the molecule is O=[N+]([O-])c1ccnc2c1ccn2[C@H]1CC[C@@H](CO)O1. The van der Waals surface area contributed by atoms with Crippen LogP contribution in [0.2, 0.25) is 0 Å². The van der Waals surface area contributed by atoms with E-state index in [-0.39, 0.29) is 24.6 Å². The third kappa shape index (κ3) is 1.96. The second kappa shape index (κ2) is 4.60. The van der Waals surface area contributed by atoms with Crippen molar-refractivity contribution in [2.45, 2.75) is 25.2 Å². The number of hydrogen-bond acceptors (Lipinski definition) is 5. The average molecular weight is 263 g/mol. The Hall–Kier alpha value is -1.99. The number of aliphatic hydroxyl groups excluding tert-OH is 1. The Morgan fingerprint density at radius 3 is 3.05 bits per heavy atom. The second-order valence-electron chi connectivity index (χ2n) is 4.52. The first kappa shape index (κ1) is 12.1. The predicted octanol–water partition coefficient (Wildman–Crippen LogP) is 1.61. The van der Waals surface area contributed by atoms with Gasteiger partial charge in [-0.2, -0.15) is 0 Å². The maximum Gasteiger partial charge on any atom is 0.281 e. The fourth-order valence-electron chi connectivity index (χ4n) is 2.46. The molecule has 1 aliphatic heterocycles. The van der Waals surface area contributed by atoms with Gasteiger partial charge in [-0.3, -0.25) is 10.1 Å². The van der Waals surface area contributed by atoms with Crippen LogP contribution in [-0.2, 0) is 4.74 Å². The molecule has 1 fully saturated rings. The van der Waals surface area contributed by atoms with E-state index in [1.54, 1.807) is 16.8 Å². The van der Waals surface area contributed by atoms with Crippen LogP contribution in [0.1, 0.15) is 19.1 Å². The molecule has 7 nitrogen and oxygen atoms in total. The van der Waals surface area contributed by atoms with Gasteiger partial charge >= 0.3 is 0 Å². The summed E-state index contributed by atoms with van der Waals surface area (Å²) in [6, 6.07) is 3.06. The third-order valence-corrected chi connectivity index (χ3v) is 3.39. The lowest BCUT2D eigenvalue weighted by atomic mass is 10.2. The van der Waals surface area contributed by atoms with E-state index in [9.17, 15) is 10.1 Å². The van der Waals surface area contributed by atoms with E-state index < -0.39 is 4.92 Å². The maximum absolute atomic E-state index is 10.9. The van der Waals surface area contributed by atoms with Gasteiger partial charge in [0.2, 0.25) is 0 Å². The van der Waals surface area contributed by atoms with Gasteiger partial charge in [0.1, 0.15) is 11.9 Å². The van der Waals surface area contributed by atoms with Crippen molar-refractivity contribution in [3.8, 4) is 0 Å². The van der Waals surface area contributed by atoms with Crippen molar-refractivity contribution < 1.29 is 14.8 Å². The van der Waals surface area contributed by atoms with Crippen molar-refractivity contribution >= 4 is 16.7 Å². The molecule has 0 unspecified atom stereocenters. The molecule has 100 valence electrons. The van der Waals surface area contributed by atoms with Crippen LogP contribution in [0.4, 0.5) is 5.69 Å². The van der Waals surface area contributed by atoms with Gasteiger partial charge in [-0.05, 0) is 18.9 Å². The molecule has 3 heterocycles. The molecule has 0 saturated carbocycles. The first-order chi connectivity index (χ1) is 9.20. The molecule has 0 aromatic carbocycles. The van der Waals surface area contributed by atoms with E-state index in [0.717, 1.165) is 12.8 Å². The number of aromatic nitrogens is 2. The van der Waals surface area contributed by atoms with Crippen molar-refractivity contribution in [3.63, 3.8) is 0 Å². The molecule has 0 amide bonds. The first-order valence-corrected chi connectivity index (χ1v) is 6.07. The van der Waals surface area contributed by atoms with Crippen LogP contribution in [0.15, 0.2) is 24.5 Å². The third-order valence-electron chi connectivity index (χ3n) is 3.39. The van der Waals surface area contributed by atoms with Gasteiger partial charge < -0.3 is 14.4 Å². The highest BCUT2D eigenvalue weighted by molar-refractivity contribution is 5.85. The van der Waals surface area contributed by atoms with E-state index in [1.807, 2.05) is 0 Å². The Morgan fingerprint density at radius 2 is 2.37 bits per heavy atom. The molecule has 0 radical (unpaired) electrons. The minimum absolute atomic E-state index is 0.0106. The molecule has 0 spiro atoms. The highest BCUT2D eigenvalue weighted by atomic mass is 16.6. The quantitative estimate of drug-likeness (QED) is 0.671. The smallest absolute Gasteiger partial charge is 0.281 e. The number of ether oxygens (including phenoxy) is 1. The fraction of sp³-hybridized carbons (Fsp3) is 0.417. The highest BCUT2D eigenvalue weighted by Crippen LogP contribution is 2.33. The Bertz CT molecular complexity index is 624. The first-order valence-electron chi connectivity index (χ1n) is 6.07. The Kier molecular flexibility index (Phi) is 2.92. The lowest BCUT2D eigenvalue weighted by molar-refractivity contribution is -0.383. The molecule has 1 saturated heterocycles. The van der Waals surface area contributed by atoms with Gasteiger partial charge in [-0.15, -0.1) is 0 Å². The van der Waals surface area contributed by atoms with E-state index in [1.165, 1.54) is 12.3 Å². The van der Waals surface area contributed by atoms with Gasteiger partial charge in [-0.25, -0.2) is 4.98 Å². The lowest BCUT2D eigenvalue weighted by Gasteiger charge is -2.14. The van der Waals surface area contributed by atoms with Gasteiger partial charge in [0.05, 0.1) is 23.0 Å². The molecular formula is C12H13N3O4. The highest BCUT2D eigenvalue weighted by Gasteiger charge is 2.27. The van der Waals surface area contributed by atoms with Crippen LogP contribution >= 0.6 is 0 Å². The standard InChI is InChI=1S/C12H13N3O4/c16-7-8-1-2-11(19-8)14-6-4-9-10(15(17)18)3-5-13-12(9)14/h3-6,8,11,16H,1-2,7H2/t8-,11+/m0/s1. The van der Waals surface area contributed by atoms with Crippen LogP contribution in [0.5, 0.6) is 0 Å². The zero-order chi connectivity index (χ0) is 13.4. The van der Waals surface area contributed by atoms with Gasteiger partial charge in [0.15, 0.2) is 0 Å². The van der Waals surface area contributed by atoms with E-state index in [4.69, 9.17) is 9.84 Å². The summed E-state index contributed by atoms with van der Waals surface area (Å²) >= 11 is 0. The number of pyridine rings is 1. The minimum atomic E-state index is -0.416. The van der Waals surface area contributed by atoms with Crippen LogP contribution in [-0.4, -0.2) is 32.3 Å². The number of rotatable bonds is 3. The second-order valence-corrected chi connectivity index (χ2v) is 4.52. The average Bonchev–Trinajstić information content (AvgIpc) is 3.03. The predicted molar refractivity (Wildman–Crippen MR) is 66.6 cm³/mol. The van der Waals surface area contributed by atoms with Gasteiger partial charge in [0.25, 0.3) is 5.69 Å². The summed E-state index contributed by atoms with van der Waals surface area (Å²) in [5.74, 6) is 0. The number of fused-ring (bicyclic) bond motifs is 1. The lowest BCUT2D eigenvalue weighted by Crippen LogP contribution is -2.14. The Balaban J connectivity index is 2.02. The summed E-state index contributed by atoms with van der Waals surface area (Å²) in [5, 5.41) is 20.5. The molecule has 2 atom stereocenters. The van der Waals surface area contributed by atoms with E-state index in [2.05, 4.69) is 4.98 Å². The van der Waals surface area contributed by atoms with Crippen molar-refractivity contribution in [1.82, 2.24) is 9.55 Å². The molecule has 19 heavy (non-hydrogen) atoms. The Labute approximate surface area is 108 Å². The number of hydrogen-bond donors (Lipinski definition) is 1. The minimum Gasteiger partial charge on any atom is -0.394 e. The van der Waals surface area contributed by atoms with E-state index in [0.29, 0.717) is 11.0 Å². The molecule has 2 aromatic heterocycles. The fourth-order valence-corrected chi connectivity index (χ4v) is 2.46. The number of nitro groups is 1. The zero-order valence-electron chi connectivity index (χ0n) is 10.1. The van der Waals surface area contributed by atoms with Crippen molar-refractivity contribution in [2.75, 3.05) is 6.61 Å². The molecule has 1 aliphatic rings. The van der Waals surface area contributed by atoms with Crippen LogP contribution in [0.3, 0.4) is 0 Å². The number of nitrogens with zero attached hydrogens (tertiary/aromatic N) is 3. The van der Waals surface area contributed by atoms with Crippen molar-refractivity contribution in [1.29, 1.82) is 0 Å². The number of aliphatic hydroxyl groups is 1. The largest absolute Gasteiger partial charge is 0.394 e. The molecule has 0 bridgehead atoms. The summed E-state index contributed by atoms with van der Waals surface area (Å²) in [5.41, 5.74) is 0.582. The molecule has 3 rings (SSSR count). The summed E-state index contributed by atoms with van der Waals surface area (Å²) in [6.45, 7) is -0.0106. The maximum atomic E-state index is 10.9. The van der Waals surface area contributed by atoms with Crippen LogP contribution < -0.4 is 0 Å². The molecular weight excluding hydrogens is 250 g/mol. The van der Waals surface area contributed by atoms with Crippen LogP contribution in [0, 0.1) is 10.1 Å². The van der Waals surface area contributed by atoms with Gasteiger partial charge in [-0.1, -0.05) is 0 Å². The normalized spacial score (nSPS) is 23.0. The molecule has 0 aliphatic carbocycles. The van der Waals surface area contributed by atoms with Gasteiger partial charge in [0, 0.05) is 18.5 Å². The van der Waals surface area contributed by atoms with Crippen molar-refractivity contribution in [2.24, 2.45) is 0 Å². The zero-order valence-corrected chi connectivity index (χ0v) is 10.1. The molecule has 2 aromatic rings. The summed E-state index contributed by atoms with van der Waals surface area (Å²) in [7, 11) is 0. The Morgan fingerprint density at radius 1 is 1.53 bits per heavy atom.